The van der Waals surface area contributed by atoms with Gasteiger partial charge in [0.05, 0.1) is 23.3 Å². The number of fused-ring (bicyclic) bond motifs is 1. The Balaban J connectivity index is 1.82. The first-order chi connectivity index (χ1) is 10.2. The van der Waals surface area contributed by atoms with Crippen LogP contribution in [0.4, 0.5) is 5.69 Å². The zero-order valence-corrected chi connectivity index (χ0v) is 11.8. The van der Waals surface area contributed by atoms with E-state index in [-0.39, 0.29) is 12.3 Å². The van der Waals surface area contributed by atoms with Gasteiger partial charge in [-0.15, -0.1) is 0 Å². The first-order valence-electron chi connectivity index (χ1n) is 6.45. The van der Waals surface area contributed by atoms with Gasteiger partial charge in [-0.2, -0.15) is 0 Å². The molecule has 1 aromatic carbocycles. The average Bonchev–Trinajstić information content (AvgIpc) is 2.50. The minimum absolute atomic E-state index is 0.138. The lowest BCUT2D eigenvalue weighted by Gasteiger charge is -2.08. The van der Waals surface area contributed by atoms with Crippen LogP contribution in [0.25, 0.3) is 10.8 Å². The smallest absolute Gasteiger partial charge is 0.228 e. The fraction of sp³-hybridized carbons (Fsp3) is 0.0625. The molecule has 0 aliphatic rings. The predicted octanol–water partition coefficient (Wildman–Crippen LogP) is 3.46. The van der Waals surface area contributed by atoms with E-state index >= 15 is 0 Å². The summed E-state index contributed by atoms with van der Waals surface area (Å²) in [6.45, 7) is 0. The Morgan fingerprint density at radius 1 is 1.10 bits per heavy atom. The van der Waals surface area contributed by atoms with Gasteiger partial charge in [-0.1, -0.05) is 35.9 Å². The lowest BCUT2D eigenvalue weighted by Crippen LogP contribution is -2.15. The van der Waals surface area contributed by atoms with Crippen LogP contribution in [0.3, 0.4) is 0 Å². The normalized spacial score (nSPS) is 10.5. The molecule has 3 rings (SSSR count). The van der Waals surface area contributed by atoms with Crippen molar-refractivity contribution in [2.45, 2.75) is 6.42 Å². The van der Waals surface area contributed by atoms with Gasteiger partial charge in [-0.25, -0.2) is 0 Å². The van der Waals surface area contributed by atoms with Gasteiger partial charge in [0.2, 0.25) is 5.91 Å². The number of carbonyl (C=O) groups excluding carboxylic acids is 1. The number of halogens is 1. The van der Waals surface area contributed by atoms with Crippen LogP contribution < -0.4 is 5.32 Å². The average molecular weight is 298 g/mol. The highest BCUT2D eigenvalue weighted by molar-refractivity contribution is 6.31. The molecular formula is C16H12ClN3O. The van der Waals surface area contributed by atoms with Crippen molar-refractivity contribution < 1.29 is 4.79 Å². The number of rotatable bonds is 3. The summed E-state index contributed by atoms with van der Waals surface area (Å²) < 4.78 is 0. The molecule has 1 amide bonds. The Kier molecular flexibility index (Phi) is 3.79. The number of anilines is 1. The molecule has 0 radical (unpaired) electrons. The Bertz CT molecular complexity index is 799. The fourth-order valence-electron chi connectivity index (χ4n) is 2.13. The summed E-state index contributed by atoms with van der Waals surface area (Å²) in [5.41, 5.74) is 1.45. The highest BCUT2D eigenvalue weighted by atomic mass is 35.5. The number of hydrogen-bond donors (Lipinski definition) is 1. The fourth-order valence-corrected chi connectivity index (χ4v) is 2.32. The van der Waals surface area contributed by atoms with Crippen molar-refractivity contribution in [2.24, 2.45) is 0 Å². The molecule has 0 bridgehead atoms. The van der Waals surface area contributed by atoms with Crippen molar-refractivity contribution in [3.05, 3.63) is 65.7 Å². The van der Waals surface area contributed by atoms with E-state index < -0.39 is 0 Å². The Hall–Kier alpha value is -2.46. The van der Waals surface area contributed by atoms with Crippen LogP contribution in [-0.4, -0.2) is 15.9 Å². The minimum Gasteiger partial charge on any atom is -0.324 e. The Morgan fingerprint density at radius 2 is 1.95 bits per heavy atom. The summed E-state index contributed by atoms with van der Waals surface area (Å²) in [4.78, 5) is 20.2. The number of aromatic nitrogens is 2. The van der Waals surface area contributed by atoms with Gasteiger partial charge < -0.3 is 5.32 Å². The standard InChI is InChI=1S/C16H12ClN3O/c17-14-9-18-6-5-11(14)7-16(21)20-15-10-19-8-12-3-1-2-4-13(12)15/h1-6,8-10H,7H2,(H,20,21). The van der Waals surface area contributed by atoms with Crippen molar-refractivity contribution in [3.8, 4) is 0 Å². The van der Waals surface area contributed by atoms with E-state index in [1.54, 1.807) is 24.7 Å². The van der Waals surface area contributed by atoms with Gasteiger partial charge in [-0.3, -0.25) is 14.8 Å². The largest absolute Gasteiger partial charge is 0.324 e. The number of pyridine rings is 2. The maximum absolute atomic E-state index is 12.2. The number of carbonyl (C=O) groups is 1. The van der Waals surface area contributed by atoms with Crippen molar-refractivity contribution in [1.29, 1.82) is 0 Å². The molecule has 4 nitrogen and oxygen atoms in total. The topological polar surface area (TPSA) is 54.9 Å². The highest BCUT2D eigenvalue weighted by Crippen LogP contribution is 2.22. The molecule has 0 spiro atoms. The third kappa shape index (κ3) is 3.01. The molecule has 0 saturated heterocycles. The summed E-state index contributed by atoms with van der Waals surface area (Å²) in [6, 6.07) is 9.51. The van der Waals surface area contributed by atoms with E-state index in [9.17, 15) is 4.79 Å². The van der Waals surface area contributed by atoms with E-state index in [2.05, 4.69) is 15.3 Å². The second-order valence-corrected chi connectivity index (χ2v) is 5.01. The maximum atomic E-state index is 12.2. The lowest BCUT2D eigenvalue weighted by atomic mass is 10.1. The molecule has 0 atom stereocenters. The summed E-state index contributed by atoms with van der Waals surface area (Å²) >= 11 is 6.01. The molecule has 0 aliphatic heterocycles. The number of benzene rings is 1. The van der Waals surface area contributed by atoms with Crippen molar-refractivity contribution in [3.63, 3.8) is 0 Å². The van der Waals surface area contributed by atoms with Gasteiger partial charge in [-0.05, 0) is 11.6 Å². The molecular weight excluding hydrogens is 286 g/mol. The van der Waals surface area contributed by atoms with Crippen molar-refractivity contribution in [1.82, 2.24) is 9.97 Å². The Labute approximate surface area is 126 Å². The van der Waals surface area contributed by atoms with E-state index in [1.807, 2.05) is 24.3 Å². The number of hydrogen-bond acceptors (Lipinski definition) is 3. The molecule has 5 heteroatoms. The molecule has 3 aromatic rings. The molecule has 104 valence electrons. The second kappa shape index (κ2) is 5.89. The van der Waals surface area contributed by atoms with Crippen LogP contribution >= 0.6 is 11.6 Å². The molecule has 2 aromatic heterocycles. The molecule has 0 aliphatic carbocycles. The monoisotopic (exact) mass is 297 g/mol. The van der Waals surface area contributed by atoms with Gasteiger partial charge in [0.25, 0.3) is 0 Å². The van der Waals surface area contributed by atoms with Crippen LogP contribution in [-0.2, 0) is 11.2 Å². The third-order valence-electron chi connectivity index (χ3n) is 3.15. The zero-order chi connectivity index (χ0) is 14.7. The predicted molar refractivity (Wildman–Crippen MR) is 83.3 cm³/mol. The van der Waals surface area contributed by atoms with E-state index in [4.69, 9.17) is 11.6 Å². The molecule has 0 unspecified atom stereocenters. The van der Waals surface area contributed by atoms with Gasteiger partial charge >= 0.3 is 0 Å². The third-order valence-corrected chi connectivity index (χ3v) is 3.49. The second-order valence-electron chi connectivity index (χ2n) is 4.60. The van der Waals surface area contributed by atoms with Gasteiger partial charge in [0.1, 0.15) is 0 Å². The van der Waals surface area contributed by atoms with Crippen LogP contribution in [0, 0.1) is 0 Å². The quantitative estimate of drug-likeness (QED) is 0.805. The first kappa shape index (κ1) is 13.5. The van der Waals surface area contributed by atoms with Crippen LogP contribution in [0.15, 0.2) is 55.1 Å². The first-order valence-corrected chi connectivity index (χ1v) is 6.83. The van der Waals surface area contributed by atoms with Crippen LogP contribution in [0.1, 0.15) is 5.56 Å². The SMILES string of the molecule is O=C(Cc1ccncc1Cl)Nc1cncc2ccccc12. The molecule has 21 heavy (non-hydrogen) atoms. The van der Waals surface area contributed by atoms with Gasteiger partial charge in [0, 0.05) is 29.4 Å². The Morgan fingerprint density at radius 3 is 2.81 bits per heavy atom. The van der Waals surface area contributed by atoms with E-state index in [0.717, 1.165) is 16.3 Å². The van der Waals surface area contributed by atoms with E-state index in [0.29, 0.717) is 10.7 Å². The van der Waals surface area contributed by atoms with Crippen molar-refractivity contribution >= 4 is 34.0 Å². The lowest BCUT2D eigenvalue weighted by molar-refractivity contribution is -0.115. The summed E-state index contributed by atoms with van der Waals surface area (Å²) in [7, 11) is 0. The molecule has 0 saturated carbocycles. The molecule has 1 N–H and O–H groups in total. The zero-order valence-electron chi connectivity index (χ0n) is 11.1. The summed E-state index contributed by atoms with van der Waals surface area (Å²) in [6.07, 6.45) is 6.77. The minimum atomic E-state index is -0.138. The van der Waals surface area contributed by atoms with Crippen LogP contribution in [0.5, 0.6) is 0 Å². The summed E-state index contributed by atoms with van der Waals surface area (Å²) in [5, 5.41) is 5.31. The van der Waals surface area contributed by atoms with E-state index in [1.165, 1.54) is 6.20 Å². The molecule has 0 fully saturated rings. The highest BCUT2D eigenvalue weighted by Gasteiger charge is 2.09. The molecule has 2 heterocycles. The number of nitrogens with zero attached hydrogens (tertiary/aromatic N) is 2. The van der Waals surface area contributed by atoms with Crippen molar-refractivity contribution in [2.75, 3.05) is 5.32 Å². The van der Waals surface area contributed by atoms with Gasteiger partial charge in [0.15, 0.2) is 0 Å². The number of nitrogens with one attached hydrogen (secondary N) is 1. The number of amides is 1. The van der Waals surface area contributed by atoms with Crippen LogP contribution in [0.2, 0.25) is 5.02 Å². The summed E-state index contributed by atoms with van der Waals surface area (Å²) in [5.74, 6) is -0.138. The maximum Gasteiger partial charge on any atom is 0.228 e.